The Labute approximate surface area is 120 Å². The minimum Gasteiger partial charge on any atom is -0.483 e. The molecule has 2 rings (SSSR count). The summed E-state index contributed by atoms with van der Waals surface area (Å²) in [5.41, 5.74) is 3.30. The third kappa shape index (κ3) is 3.73. The zero-order valence-corrected chi connectivity index (χ0v) is 12.4. The molecular formula is C16H23NO3. The van der Waals surface area contributed by atoms with E-state index in [2.05, 4.69) is 17.4 Å². The topological polar surface area (TPSA) is 58.6 Å². The van der Waals surface area contributed by atoms with Crippen LogP contribution in [-0.4, -0.2) is 30.3 Å². The molecule has 0 radical (unpaired) electrons. The lowest BCUT2D eigenvalue weighted by Crippen LogP contribution is -2.40. The van der Waals surface area contributed by atoms with E-state index < -0.39 is 0 Å². The molecule has 1 aliphatic rings. The Hall–Kier alpha value is -1.55. The van der Waals surface area contributed by atoms with Crippen LogP contribution in [0.15, 0.2) is 12.1 Å². The number of amides is 1. The fraction of sp³-hybridized carbons (Fsp3) is 0.562. The van der Waals surface area contributed by atoms with Gasteiger partial charge in [-0.2, -0.15) is 0 Å². The van der Waals surface area contributed by atoms with Crippen molar-refractivity contribution < 1.29 is 14.6 Å². The van der Waals surface area contributed by atoms with Crippen molar-refractivity contribution in [1.29, 1.82) is 0 Å². The van der Waals surface area contributed by atoms with Gasteiger partial charge in [0.1, 0.15) is 5.75 Å². The molecule has 1 aromatic carbocycles. The summed E-state index contributed by atoms with van der Waals surface area (Å²) in [6, 6.07) is 4.10. The van der Waals surface area contributed by atoms with Crippen LogP contribution in [0, 0.1) is 26.7 Å². The predicted molar refractivity (Wildman–Crippen MR) is 77.9 cm³/mol. The van der Waals surface area contributed by atoms with Crippen LogP contribution in [0.5, 0.6) is 5.75 Å². The highest BCUT2D eigenvalue weighted by Gasteiger charge is 2.27. The van der Waals surface area contributed by atoms with Crippen molar-refractivity contribution in [3.8, 4) is 5.75 Å². The fourth-order valence-electron chi connectivity index (χ4n) is 2.71. The van der Waals surface area contributed by atoms with E-state index in [-0.39, 0.29) is 18.6 Å². The largest absolute Gasteiger partial charge is 0.483 e. The number of carbonyl (C=O) groups is 1. The van der Waals surface area contributed by atoms with E-state index in [1.807, 2.05) is 20.8 Å². The van der Waals surface area contributed by atoms with Gasteiger partial charge in [-0.05, 0) is 50.7 Å². The first kappa shape index (κ1) is 14.9. The first-order valence-corrected chi connectivity index (χ1v) is 7.11. The minimum atomic E-state index is -0.175. The van der Waals surface area contributed by atoms with Gasteiger partial charge in [-0.15, -0.1) is 0 Å². The summed E-state index contributed by atoms with van der Waals surface area (Å²) in [7, 11) is 0. The van der Waals surface area contributed by atoms with Crippen molar-refractivity contribution in [3.63, 3.8) is 0 Å². The fourth-order valence-corrected chi connectivity index (χ4v) is 2.71. The number of nitrogens with one attached hydrogen (secondary N) is 1. The molecule has 1 aliphatic carbocycles. The lowest BCUT2D eigenvalue weighted by atomic mass is 9.82. The summed E-state index contributed by atoms with van der Waals surface area (Å²) in [6.45, 7) is 6.70. The van der Waals surface area contributed by atoms with Crippen LogP contribution in [0.2, 0.25) is 0 Å². The van der Waals surface area contributed by atoms with Gasteiger partial charge in [0.05, 0.1) is 6.10 Å². The summed E-state index contributed by atoms with van der Waals surface area (Å²) >= 11 is 0. The minimum absolute atomic E-state index is 0.0417. The second kappa shape index (κ2) is 6.27. The number of aliphatic hydroxyl groups is 1. The molecular weight excluding hydrogens is 254 g/mol. The smallest absolute Gasteiger partial charge is 0.257 e. The number of carbonyl (C=O) groups excluding carboxylic acids is 1. The Kier molecular flexibility index (Phi) is 4.65. The quantitative estimate of drug-likeness (QED) is 0.864. The Bertz CT molecular complexity index is 469. The summed E-state index contributed by atoms with van der Waals surface area (Å²) < 4.78 is 5.63. The number of rotatable bonds is 5. The third-order valence-corrected chi connectivity index (χ3v) is 3.75. The van der Waals surface area contributed by atoms with Gasteiger partial charge in [-0.25, -0.2) is 0 Å². The Morgan fingerprint density at radius 1 is 1.30 bits per heavy atom. The van der Waals surface area contributed by atoms with E-state index >= 15 is 0 Å². The highest BCUT2D eigenvalue weighted by atomic mass is 16.5. The van der Waals surface area contributed by atoms with Crippen LogP contribution < -0.4 is 10.1 Å². The van der Waals surface area contributed by atoms with E-state index in [9.17, 15) is 9.90 Å². The summed E-state index contributed by atoms with van der Waals surface area (Å²) in [5, 5.41) is 12.0. The Morgan fingerprint density at radius 3 is 2.45 bits per heavy atom. The molecule has 4 nitrogen and oxygen atoms in total. The predicted octanol–water partition coefficient (Wildman–Crippen LogP) is 1.88. The van der Waals surface area contributed by atoms with Gasteiger partial charge in [0.2, 0.25) is 0 Å². The van der Waals surface area contributed by atoms with E-state index in [0.29, 0.717) is 12.5 Å². The third-order valence-electron chi connectivity index (χ3n) is 3.75. The Morgan fingerprint density at radius 2 is 1.90 bits per heavy atom. The average molecular weight is 277 g/mol. The molecule has 1 saturated carbocycles. The van der Waals surface area contributed by atoms with Gasteiger partial charge in [0, 0.05) is 6.54 Å². The van der Waals surface area contributed by atoms with Gasteiger partial charge in [0.25, 0.3) is 5.91 Å². The van der Waals surface area contributed by atoms with E-state index in [0.717, 1.165) is 29.7 Å². The monoisotopic (exact) mass is 277 g/mol. The molecule has 0 heterocycles. The molecule has 4 heteroatoms. The summed E-state index contributed by atoms with van der Waals surface area (Å²) in [6.07, 6.45) is 1.40. The van der Waals surface area contributed by atoms with Crippen LogP contribution in [0.3, 0.4) is 0 Å². The van der Waals surface area contributed by atoms with Crippen LogP contribution in [0.1, 0.15) is 29.5 Å². The Balaban J connectivity index is 1.78. The van der Waals surface area contributed by atoms with Crippen molar-refractivity contribution in [1.82, 2.24) is 5.32 Å². The molecule has 20 heavy (non-hydrogen) atoms. The molecule has 1 amide bonds. The van der Waals surface area contributed by atoms with Gasteiger partial charge >= 0.3 is 0 Å². The molecule has 0 atom stereocenters. The number of benzene rings is 1. The number of hydrogen-bond donors (Lipinski definition) is 2. The first-order valence-electron chi connectivity index (χ1n) is 7.11. The normalized spacial score (nSPS) is 21.2. The van der Waals surface area contributed by atoms with Crippen LogP contribution >= 0.6 is 0 Å². The van der Waals surface area contributed by atoms with Crippen molar-refractivity contribution in [2.24, 2.45) is 5.92 Å². The number of hydrogen-bond acceptors (Lipinski definition) is 3. The molecule has 1 aromatic rings. The lowest BCUT2D eigenvalue weighted by molar-refractivity contribution is -0.123. The van der Waals surface area contributed by atoms with Gasteiger partial charge in [-0.1, -0.05) is 17.7 Å². The molecule has 110 valence electrons. The molecule has 0 saturated heterocycles. The highest BCUT2D eigenvalue weighted by molar-refractivity contribution is 5.77. The summed E-state index contributed by atoms with van der Waals surface area (Å²) in [4.78, 5) is 11.7. The number of aryl methyl sites for hydroxylation is 3. The van der Waals surface area contributed by atoms with Crippen LogP contribution in [-0.2, 0) is 4.79 Å². The maximum absolute atomic E-state index is 11.7. The standard InChI is InChI=1S/C16H23NO3/c1-10-4-11(2)16(12(3)5-10)20-9-15(19)17-8-13-6-14(18)7-13/h4-5,13-14,18H,6-9H2,1-3H3,(H,17,19). The van der Waals surface area contributed by atoms with Crippen LogP contribution in [0.25, 0.3) is 0 Å². The summed E-state index contributed by atoms with van der Waals surface area (Å²) in [5.74, 6) is 1.10. The van der Waals surface area contributed by atoms with Crippen LogP contribution in [0.4, 0.5) is 0 Å². The number of ether oxygens (including phenoxy) is 1. The maximum Gasteiger partial charge on any atom is 0.257 e. The molecule has 0 unspecified atom stereocenters. The van der Waals surface area contributed by atoms with E-state index in [1.54, 1.807) is 0 Å². The molecule has 0 spiro atoms. The molecule has 1 fully saturated rings. The van der Waals surface area contributed by atoms with E-state index in [1.165, 1.54) is 5.56 Å². The highest BCUT2D eigenvalue weighted by Crippen LogP contribution is 2.26. The van der Waals surface area contributed by atoms with Crippen molar-refractivity contribution in [3.05, 3.63) is 28.8 Å². The van der Waals surface area contributed by atoms with Gasteiger partial charge in [0.15, 0.2) is 6.61 Å². The SMILES string of the molecule is Cc1cc(C)c(OCC(=O)NCC2CC(O)C2)c(C)c1. The molecule has 0 aliphatic heterocycles. The molecule has 2 N–H and O–H groups in total. The number of aliphatic hydroxyl groups excluding tert-OH is 1. The van der Waals surface area contributed by atoms with Gasteiger partial charge in [-0.3, -0.25) is 4.79 Å². The zero-order chi connectivity index (χ0) is 14.7. The van der Waals surface area contributed by atoms with Crippen molar-refractivity contribution >= 4 is 5.91 Å². The maximum atomic E-state index is 11.7. The first-order chi connectivity index (χ1) is 9.45. The van der Waals surface area contributed by atoms with Crippen molar-refractivity contribution in [2.75, 3.05) is 13.2 Å². The molecule has 0 aromatic heterocycles. The molecule has 0 bridgehead atoms. The zero-order valence-electron chi connectivity index (χ0n) is 12.4. The average Bonchev–Trinajstić information content (AvgIpc) is 2.31. The lowest BCUT2D eigenvalue weighted by Gasteiger charge is -2.31. The van der Waals surface area contributed by atoms with Gasteiger partial charge < -0.3 is 15.2 Å². The second-order valence-electron chi connectivity index (χ2n) is 5.81. The van der Waals surface area contributed by atoms with Crippen molar-refractivity contribution in [2.45, 2.75) is 39.7 Å². The van der Waals surface area contributed by atoms with E-state index in [4.69, 9.17) is 4.74 Å². The second-order valence-corrected chi connectivity index (χ2v) is 5.81.